The minimum atomic E-state index is -0.0914. The van der Waals surface area contributed by atoms with Crippen LogP contribution < -0.4 is 14.2 Å². The number of amides is 1. The molecule has 0 N–H and O–H groups in total. The molecule has 2 aromatic rings. The van der Waals surface area contributed by atoms with Gasteiger partial charge in [-0.05, 0) is 31.9 Å². The van der Waals surface area contributed by atoms with E-state index in [2.05, 4.69) is 9.97 Å². The number of methoxy groups -OCH3 is 2. The maximum absolute atomic E-state index is 13.0. The fourth-order valence-corrected chi connectivity index (χ4v) is 3.04. The molecule has 0 spiro atoms. The molecule has 26 heavy (non-hydrogen) atoms. The lowest BCUT2D eigenvalue weighted by atomic mass is 10.1. The summed E-state index contributed by atoms with van der Waals surface area (Å²) in [5.74, 6) is 2.28. The number of carbonyl (C=O) groups excluding carboxylic acids is 1. The van der Waals surface area contributed by atoms with E-state index in [0.29, 0.717) is 41.9 Å². The van der Waals surface area contributed by atoms with Gasteiger partial charge in [-0.15, -0.1) is 0 Å². The molecule has 0 bridgehead atoms. The summed E-state index contributed by atoms with van der Waals surface area (Å²) in [7, 11) is 3.13. The van der Waals surface area contributed by atoms with E-state index in [9.17, 15) is 4.79 Å². The van der Waals surface area contributed by atoms with Gasteiger partial charge in [-0.2, -0.15) is 4.98 Å². The number of aromatic nitrogens is 2. The van der Waals surface area contributed by atoms with Gasteiger partial charge in [0.2, 0.25) is 5.88 Å². The summed E-state index contributed by atoms with van der Waals surface area (Å²) < 4.78 is 16.5. The van der Waals surface area contributed by atoms with E-state index in [0.717, 1.165) is 12.8 Å². The zero-order chi connectivity index (χ0) is 18.5. The Morgan fingerprint density at radius 2 is 2.08 bits per heavy atom. The van der Waals surface area contributed by atoms with Gasteiger partial charge in [-0.25, -0.2) is 4.98 Å². The molecular weight excluding hydrogens is 334 g/mol. The van der Waals surface area contributed by atoms with E-state index >= 15 is 0 Å². The van der Waals surface area contributed by atoms with E-state index in [4.69, 9.17) is 14.2 Å². The molecule has 1 aliphatic heterocycles. The highest BCUT2D eigenvalue weighted by Gasteiger charge is 2.27. The number of ether oxygens (including phenoxy) is 3. The first-order valence-corrected chi connectivity index (χ1v) is 8.58. The predicted molar refractivity (Wildman–Crippen MR) is 95.9 cm³/mol. The molecule has 0 saturated carbocycles. The first-order chi connectivity index (χ1) is 12.6. The largest absolute Gasteiger partial charge is 0.497 e. The summed E-state index contributed by atoms with van der Waals surface area (Å²) in [4.78, 5) is 23.1. The van der Waals surface area contributed by atoms with Crippen LogP contribution in [0, 0.1) is 6.92 Å². The Morgan fingerprint density at radius 3 is 2.81 bits per heavy atom. The molecule has 1 atom stereocenters. The van der Waals surface area contributed by atoms with Crippen molar-refractivity contribution in [2.45, 2.75) is 25.9 Å². The molecule has 7 nitrogen and oxygen atoms in total. The molecule has 1 fully saturated rings. The Balaban J connectivity index is 1.72. The predicted octanol–water partition coefficient (Wildman–Crippen LogP) is 2.49. The number of nitrogens with zero attached hydrogens (tertiary/aromatic N) is 3. The first kappa shape index (κ1) is 18.0. The molecule has 0 aliphatic carbocycles. The molecule has 1 saturated heterocycles. The molecule has 0 radical (unpaired) electrons. The summed E-state index contributed by atoms with van der Waals surface area (Å²) >= 11 is 0. The van der Waals surface area contributed by atoms with E-state index in [1.54, 1.807) is 49.6 Å². The van der Waals surface area contributed by atoms with E-state index in [1.807, 2.05) is 6.92 Å². The van der Waals surface area contributed by atoms with Gasteiger partial charge in [0.05, 0.1) is 26.3 Å². The number of rotatable bonds is 5. The zero-order valence-corrected chi connectivity index (χ0v) is 15.3. The van der Waals surface area contributed by atoms with E-state index in [-0.39, 0.29) is 12.0 Å². The molecule has 1 aromatic heterocycles. The zero-order valence-electron chi connectivity index (χ0n) is 15.3. The minimum absolute atomic E-state index is 0.0725. The average Bonchev–Trinajstić information content (AvgIpc) is 2.67. The molecule has 3 rings (SSSR count). The summed E-state index contributed by atoms with van der Waals surface area (Å²) in [6, 6.07) is 6.95. The molecule has 1 unspecified atom stereocenters. The first-order valence-electron chi connectivity index (χ1n) is 8.58. The van der Waals surface area contributed by atoms with Crippen molar-refractivity contribution >= 4 is 5.91 Å². The molecule has 7 heteroatoms. The maximum Gasteiger partial charge on any atom is 0.257 e. The summed E-state index contributed by atoms with van der Waals surface area (Å²) in [5.41, 5.74) is 0.520. The fourth-order valence-electron chi connectivity index (χ4n) is 3.04. The maximum atomic E-state index is 13.0. The van der Waals surface area contributed by atoms with Gasteiger partial charge >= 0.3 is 0 Å². The number of hydrogen-bond acceptors (Lipinski definition) is 6. The van der Waals surface area contributed by atoms with Gasteiger partial charge in [0.25, 0.3) is 5.91 Å². The lowest BCUT2D eigenvalue weighted by Crippen LogP contribution is -2.44. The minimum Gasteiger partial charge on any atom is -0.497 e. The van der Waals surface area contributed by atoms with E-state index in [1.165, 1.54) is 0 Å². The summed E-state index contributed by atoms with van der Waals surface area (Å²) in [6.07, 6.45) is 3.34. The number of likely N-dealkylation sites (tertiary alicyclic amines) is 1. The van der Waals surface area contributed by atoms with Crippen molar-refractivity contribution in [1.82, 2.24) is 14.9 Å². The van der Waals surface area contributed by atoms with Gasteiger partial charge in [-0.1, -0.05) is 0 Å². The second-order valence-electron chi connectivity index (χ2n) is 6.14. The Bertz CT molecular complexity index is 781. The van der Waals surface area contributed by atoms with Crippen LogP contribution in [-0.4, -0.2) is 54.2 Å². The van der Waals surface area contributed by atoms with Crippen LogP contribution in [0.3, 0.4) is 0 Å². The van der Waals surface area contributed by atoms with Crippen molar-refractivity contribution in [3.63, 3.8) is 0 Å². The highest BCUT2D eigenvalue weighted by molar-refractivity contribution is 5.97. The van der Waals surface area contributed by atoms with Gasteiger partial charge in [-0.3, -0.25) is 4.79 Å². The topological polar surface area (TPSA) is 73.8 Å². The summed E-state index contributed by atoms with van der Waals surface area (Å²) in [6.45, 7) is 3.02. The van der Waals surface area contributed by atoms with Crippen molar-refractivity contribution in [3.8, 4) is 17.4 Å². The van der Waals surface area contributed by atoms with Crippen molar-refractivity contribution in [2.24, 2.45) is 0 Å². The van der Waals surface area contributed by atoms with Crippen LogP contribution >= 0.6 is 0 Å². The Labute approximate surface area is 152 Å². The number of benzene rings is 1. The van der Waals surface area contributed by atoms with Gasteiger partial charge in [0.15, 0.2) is 0 Å². The number of piperidine rings is 1. The second-order valence-corrected chi connectivity index (χ2v) is 6.14. The standard InChI is InChI=1S/C19H23N3O4/c1-13-20-9-8-18(21-13)26-15-5-4-10-22(12-15)19(23)16-7-6-14(24-2)11-17(16)25-3/h6-9,11,15H,4-5,10,12H2,1-3H3. The molecule has 1 aromatic carbocycles. The number of aryl methyl sites for hydroxylation is 1. The van der Waals surface area contributed by atoms with Crippen LogP contribution in [0.5, 0.6) is 17.4 Å². The SMILES string of the molecule is COc1ccc(C(=O)N2CCCC(Oc3ccnc(C)n3)C2)c(OC)c1. The third-order valence-corrected chi connectivity index (χ3v) is 4.34. The Kier molecular flexibility index (Phi) is 5.55. The van der Waals surface area contributed by atoms with Crippen LogP contribution in [0.2, 0.25) is 0 Å². The van der Waals surface area contributed by atoms with Crippen LogP contribution in [0.1, 0.15) is 29.0 Å². The fraction of sp³-hybridized carbons (Fsp3) is 0.421. The lowest BCUT2D eigenvalue weighted by molar-refractivity contribution is 0.0524. The third kappa shape index (κ3) is 4.04. The smallest absolute Gasteiger partial charge is 0.257 e. The molecule has 1 amide bonds. The Morgan fingerprint density at radius 1 is 1.23 bits per heavy atom. The second kappa shape index (κ2) is 8.03. The van der Waals surface area contributed by atoms with Crippen LogP contribution in [0.4, 0.5) is 0 Å². The number of hydrogen-bond donors (Lipinski definition) is 0. The van der Waals surface area contributed by atoms with Crippen molar-refractivity contribution < 1.29 is 19.0 Å². The van der Waals surface area contributed by atoms with Crippen LogP contribution in [0.25, 0.3) is 0 Å². The monoisotopic (exact) mass is 357 g/mol. The van der Waals surface area contributed by atoms with Gasteiger partial charge < -0.3 is 19.1 Å². The number of carbonyl (C=O) groups is 1. The molecule has 1 aliphatic rings. The summed E-state index contributed by atoms with van der Waals surface area (Å²) in [5, 5.41) is 0. The van der Waals surface area contributed by atoms with E-state index < -0.39 is 0 Å². The van der Waals surface area contributed by atoms with Crippen molar-refractivity contribution in [2.75, 3.05) is 27.3 Å². The van der Waals surface area contributed by atoms with Crippen LogP contribution in [0.15, 0.2) is 30.5 Å². The third-order valence-electron chi connectivity index (χ3n) is 4.34. The van der Waals surface area contributed by atoms with Crippen molar-refractivity contribution in [1.29, 1.82) is 0 Å². The Hall–Kier alpha value is -2.83. The average molecular weight is 357 g/mol. The molecule has 138 valence electrons. The van der Waals surface area contributed by atoms with Crippen molar-refractivity contribution in [3.05, 3.63) is 41.9 Å². The molecule has 2 heterocycles. The van der Waals surface area contributed by atoms with Crippen LogP contribution in [-0.2, 0) is 0 Å². The van der Waals surface area contributed by atoms with Gasteiger partial charge in [0, 0.05) is 24.9 Å². The lowest BCUT2D eigenvalue weighted by Gasteiger charge is -2.33. The quantitative estimate of drug-likeness (QED) is 0.818. The highest BCUT2D eigenvalue weighted by Crippen LogP contribution is 2.27. The molecular formula is C19H23N3O4. The van der Waals surface area contributed by atoms with Gasteiger partial charge in [0.1, 0.15) is 23.4 Å². The normalized spacial score (nSPS) is 16.9. The highest BCUT2D eigenvalue weighted by atomic mass is 16.5.